The molecule has 1 amide bonds. The first kappa shape index (κ1) is 15.4. The second kappa shape index (κ2) is 5.79. The molecule has 0 radical (unpaired) electrons. The lowest BCUT2D eigenvalue weighted by Crippen LogP contribution is -2.52. The van der Waals surface area contributed by atoms with Gasteiger partial charge in [-0.3, -0.25) is 9.59 Å². The minimum absolute atomic E-state index is 0.273. The number of carbonyl (C=O) groups excluding carboxylic acids is 1. The molecule has 2 atom stereocenters. The average molecular weight is 291 g/mol. The van der Waals surface area contributed by atoms with Crippen LogP contribution in [0.2, 0.25) is 0 Å². The van der Waals surface area contributed by atoms with Crippen LogP contribution in [0.25, 0.3) is 0 Å². The molecule has 2 rings (SSSR count). The quantitative estimate of drug-likeness (QED) is 0.886. The van der Waals surface area contributed by atoms with Crippen LogP contribution in [0.3, 0.4) is 0 Å². The zero-order chi connectivity index (χ0) is 15.6. The molecular weight excluding hydrogens is 270 g/mol. The fraction of sp³-hybridized carbons (Fsp3) is 0.600. The summed E-state index contributed by atoms with van der Waals surface area (Å²) in [6.45, 7) is 5.20. The van der Waals surface area contributed by atoms with Gasteiger partial charge in [0.2, 0.25) is 0 Å². The van der Waals surface area contributed by atoms with E-state index in [0.717, 1.165) is 12.8 Å². The highest BCUT2D eigenvalue weighted by Gasteiger charge is 2.44. The molecule has 1 aromatic heterocycles. The van der Waals surface area contributed by atoms with E-state index in [2.05, 4.69) is 15.5 Å². The van der Waals surface area contributed by atoms with Crippen molar-refractivity contribution in [3.8, 4) is 0 Å². The van der Waals surface area contributed by atoms with Crippen LogP contribution in [0.5, 0.6) is 0 Å². The molecule has 0 saturated heterocycles. The first-order valence-corrected chi connectivity index (χ1v) is 7.20. The van der Waals surface area contributed by atoms with Gasteiger partial charge in [0, 0.05) is 6.04 Å². The number of aliphatic carboxylic acids is 1. The van der Waals surface area contributed by atoms with Gasteiger partial charge in [-0.05, 0) is 39.7 Å². The molecule has 1 aliphatic rings. The Morgan fingerprint density at radius 3 is 2.71 bits per heavy atom. The van der Waals surface area contributed by atoms with Crippen LogP contribution in [0, 0.1) is 19.3 Å². The fourth-order valence-electron chi connectivity index (χ4n) is 2.84. The van der Waals surface area contributed by atoms with E-state index in [4.69, 9.17) is 0 Å². The smallest absolute Gasteiger partial charge is 0.311 e. The standard InChI is InChI=1S/C15H21N3O3/c1-9-8-11(10(2)18-17-9)13(19)16-12-6-4-5-7-15(12,3)14(20)21/h8,12H,4-7H2,1-3H3,(H,16,19)(H,20,21). The van der Waals surface area contributed by atoms with Crippen molar-refractivity contribution < 1.29 is 14.7 Å². The Bertz CT molecular complexity index is 573. The highest BCUT2D eigenvalue weighted by atomic mass is 16.4. The summed E-state index contributed by atoms with van der Waals surface area (Å²) in [5.74, 6) is -1.13. The molecule has 0 aliphatic heterocycles. The largest absolute Gasteiger partial charge is 0.481 e. The van der Waals surface area contributed by atoms with E-state index in [9.17, 15) is 14.7 Å². The van der Waals surface area contributed by atoms with Crippen LogP contribution in [0.15, 0.2) is 6.07 Å². The summed E-state index contributed by atoms with van der Waals surface area (Å²) in [4.78, 5) is 24.0. The number of carbonyl (C=O) groups is 2. The Labute approximate surface area is 124 Å². The van der Waals surface area contributed by atoms with E-state index in [-0.39, 0.29) is 11.9 Å². The van der Waals surface area contributed by atoms with E-state index in [1.165, 1.54) is 0 Å². The van der Waals surface area contributed by atoms with Gasteiger partial charge in [0.05, 0.1) is 22.4 Å². The number of aryl methyl sites for hydroxylation is 2. The zero-order valence-corrected chi connectivity index (χ0v) is 12.6. The monoisotopic (exact) mass is 291 g/mol. The van der Waals surface area contributed by atoms with Crippen LogP contribution in [0.1, 0.15) is 54.4 Å². The number of rotatable bonds is 3. The molecule has 6 nitrogen and oxygen atoms in total. The minimum Gasteiger partial charge on any atom is -0.481 e. The van der Waals surface area contributed by atoms with Crippen molar-refractivity contribution in [3.05, 3.63) is 23.0 Å². The first-order chi connectivity index (χ1) is 9.84. The fourth-order valence-corrected chi connectivity index (χ4v) is 2.84. The predicted octanol–water partition coefficient (Wildman–Crippen LogP) is 1.86. The lowest BCUT2D eigenvalue weighted by molar-refractivity contribution is -0.151. The molecule has 114 valence electrons. The average Bonchev–Trinajstić information content (AvgIpc) is 2.43. The third kappa shape index (κ3) is 3.04. The van der Waals surface area contributed by atoms with Gasteiger partial charge >= 0.3 is 5.97 Å². The van der Waals surface area contributed by atoms with Gasteiger partial charge in [0.1, 0.15) is 0 Å². The van der Waals surface area contributed by atoms with Crippen molar-refractivity contribution in [2.75, 3.05) is 0 Å². The molecule has 0 bridgehead atoms. The summed E-state index contributed by atoms with van der Waals surface area (Å²) in [6.07, 6.45) is 3.08. The Morgan fingerprint density at radius 2 is 2.05 bits per heavy atom. The first-order valence-electron chi connectivity index (χ1n) is 7.20. The maximum Gasteiger partial charge on any atom is 0.311 e. The van der Waals surface area contributed by atoms with Crippen LogP contribution in [-0.4, -0.2) is 33.2 Å². The van der Waals surface area contributed by atoms with Crippen molar-refractivity contribution in [1.82, 2.24) is 15.5 Å². The lowest BCUT2D eigenvalue weighted by atomic mass is 9.71. The summed E-state index contributed by atoms with van der Waals surface area (Å²) in [5.41, 5.74) is 0.763. The van der Waals surface area contributed by atoms with E-state index in [1.807, 2.05) is 0 Å². The molecule has 1 saturated carbocycles. The summed E-state index contributed by atoms with van der Waals surface area (Å²) >= 11 is 0. The van der Waals surface area contributed by atoms with Crippen LogP contribution >= 0.6 is 0 Å². The molecule has 0 aromatic carbocycles. The van der Waals surface area contributed by atoms with Gasteiger partial charge in [-0.1, -0.05) is 12.8 Å². The van der Waals surface area contributed by atoms with Crippen LogP contribution in [-0.2, 0) is 4.79 Å². The van der Waals surface area contributed by atoms with Gasteiger partial charge in [-0.25, -0.2) is 0 Å². The van der Waals surface area contributed by atoms with E-state index >= 15 is 0 Å². The molecule has 6 heteroatoms. The van der Waals surface area contributed by atoms with E-state index < -0.39 is 11.4 Å². The highest BCUT2D eigenvalue weighted by molar-refractivity contribution is 5.95. The summed E-state index contributed by atoms with van der Waals surface area (Å²) in [5, 5.41) is 20.2. The molecule has 1 aromatic rings. The normalized spacial score (nSPS) is 25.4. The second-order valence-electron chi connectivity index (χ2n) is 5.98. The maximum atomic E-state index is 12.4. The van der Waals surface area contributed by atoms with E-state index in [0.29, 0.717) is 29.8 Å². The second-order valence-corrected chi connectivity index (χ2v) is 5.98. The molecule has 0 spiro atoms. The van der Waals surface area contributed by atoms with Gasteiger partial charge in [-0.15, -0.1) is 0 Å². The van der Waals surface area contributed by atoms with E-state index in [1.54, 1.807) is 26.8 Å². The number of aromatic nitrogens is 2. The molecule has 1 aliphatic carbocycles. The van der Waals surface area contributed by atoms with Gasteiger partial charge in [0.15, 0.2) is 0 Å². The van der Waals surface area contributed by atoms with Crippen LogP contribution < -0.4 is 5.32 Å². The topological polar surface area (TPSA) is 92.2 Å². The summed E-state index contributed by atoms with van der Waals surface area (Å²) in [6, 6.07) is 1.32. The highest BCUT2D eigenvalue weighted by Crippen LogP contribution is 2.36. The molecule has 2 unspecified atom stereocenters. The molecule has 1 heterocycles. The van der Waals surface area contributed by atoms with Crippen molar-refractivity contribution in [2.45, 2.75) is 52.5 Å². The number of nitrogens with zero attached hydrogens (tertiary/aromatic N) is 2. The van der Waals surface area contributed by atoms with Crippen LogP contribution in [0.4, 0.5) is 0 Å². The van der Waals surface area contributed by atoms with Crippen molar-refractivity contribution in [2.24, 2.45) is 5.41 Å². The third-order valence-electron chi connectivity index (χ3n) is 4.35. The van der Waals surface area contributed by atoms with Crippen molar-refractivity contribution >= 4 is 11.9 Å². The minimum atomic E-state index is -0.905. The lowest BCUT2D eigenvalue weighted by Gasteiger charge is -2.38. The number of carboxylic acids is 1. The van der Waals surface area contributed by atoms with Gasteiger partial charge in [-0.2, -0.15) is 10.2 Å². The van der Waals surface area contributed by atoms with Gasteiger partial charge in [0.25, 0.3) is 5.91 Å². The Morgan fingerprint density at radius 1 is 1.33 bits per heavy atom. The summed E-state index contributed by atoms with van der Waals surface area (Å²) in [7, 11) is 0. The molecule has 2 N–H and O–H groups in total. The molecule has 1 fully saturated rings. The molecular formula is C15H21N3O3. The number of hydrogen-bond acceptors (Lipinski definition) is 4. The molecule has 21 heavy (non-hydrogen) atoms. The SMILES string of the molecule is Cc1cc(C(=O)NC2CCCCC2(C)C(=O)O)c(C)nn1. The van der Waals surface area contributed by atoms with Gasteiger partial charge < -0.3 is 10.4 Å². The Hall–Kier alpha value is -1.98. The number of nitrogens with one attached hydrogen (secondary N) is 1. The number of hydrogen-bond donors (Lipinski definition) is 2. The Balaban J connectivity index is 2.21. The number of carboxylic acid groups (broad SMARTS) is 1. The maximum absolute atomic E-state index is 12.4. The number of amides is 1. The summed E-state index contributed by atoms with van der Waals surface area (Å²) < 4.78 is 0. The third-order valence-corrected chi connectivity index (χ3v) is 4.35. The predicted molar refractivity (Wildman–Crippen MR) is 77.0 cm³/mol. The van der Waals surface area contributed by atoms with Crippen molar-refractivity contribution in [1.29, 1.82) is 0 Å². The Kier molecular flexibility index (Phi) is 4.25. The zero-order valence-electron chi connectivity index (χ0n) is 12.6. The van der Waals surface area contributed by atoms with Crippen molar-refractivity contribution in [3.63, 3.8) is 0 Å².